The fourth-order valence-corrected chi connectivity index (χ4v) is 2.16. The normalized spacial score (nSPS) is 15.5. The summed E-state index contributed by atoms with van der Waals surface area (Å²) in [7, 11) is 3.96. The van der Waals surface area contributed by atoms with Crippen LogP contribution in [0.25, 0.3) is 11.3 Å². The number of fused-ring (bicyclic) bond motifs is 1. The topological polar surface area (TPSA) is 34.6 Å². The zero-order valence-corrected chi connectivity index (χ0v) is 11.6. The fraction of sp³-hybridized carbons (Fsp3) is 0.267. The molecule has 1 aliphatic heterocycles. The fourth-order valence-electron chi connectivity index (χ4n) is 2.16. The van der Waals surface area contributed by atoms with Crippen LogP contribution in [0.3, 0.4) is 0 Å². The van der Waals surface area contributed by atoms with Crippen molar-refractivity contribution < 1.29 is 18.3 Å². The Bertz CT molecular complexity index is 657. The number of aromatic nitrogens is 1. The molecule has 0 saturated heterocycles. The molecule has 1 aliphatic rings. The second-order valence-corrected chi connectivity index (χ2v) is 5.12. The molecule has 0 spiro atoms. The van der Waals surface area contributed by atoms with E-state index in [1.54, 1.807) is 12.3 Å². The van der Waals surface area contributed by atoms with Gasteiger partial charge in [-0.15, -0.1) is 8.78 Å². The summed E-state index contributed by atoms with van der Waals surface area (Å²) in [4.78, 5) is 6.39. The molecule has 0 aliphatic carbocycles. The van der Waals surface area contributed by atoms with Crippen LogP contribution < -0.4 is 9.47 Å². The van der Waals surface area contributed by atoms with Gasteiger partial charge >= 0.3 is 6.29 Å². The first-order valence-electron chi connectivity index (χ1n) is 6.43. The molecule has 0 amide bonds. The van der Waals surface area contributed by atoms with Crippen LogP contribution in [-0.4, -0.2) is 30.3 Å². The first kappa shape index (κ1) is 13.8. The highest BCUT2D eigenvalue weighted by Gasteiger charge is 2.43. The molecular formula is C15H14F2N2O2. The number of rotatable bonds is 3. The lowest BCUT2D eigenvalue weighted by molar-refractivity contribution is -0.286. The van der Waals surface area contributed by atoms with Crippen molar-refractivity contribution in [3.8, 4) is 22.8 Å². The predicted molar refractivity (Wildman–Crippen MR) is 73.3 cm³/mol. The minimum absolute atomic E-state index is 0.0247. The molecule has 1 aromatic carbocycles. The molecule has 1 aromatic heterocycles. The molecule has 0 fully saturated rings. The lowest BCUT2D eigenvalue weighted by Gasteiger charge is -2.09. The summed E-state index contributed by atoms with van der Waals surface area (Å²) in [5.74, 6) is 0.0599. The van der Waals surface area contributed by atoms with Crippen molar-refractivity contribution in [2.75, 3.05) is 14.1 Å². The maximum absolute atomic E-state index is 13.0. The van der Waals surface area contributed by atoms with Gasteiger partial charge < -0.3 is 14.4 Å². The molecule has 0 N–H and O–H groups in total. The van der Waals surface area contributed by atoms with Gasteiger partial charge in [0.05, 0.1) is 5.69 Å². The SMILES string of the molecule is CN(C)Cc1ccc(-c2ccc3c(c2)OC(F)(F)O3)nc1. The lowest BCUT2D eigenvalue weighted by atomic mass is 10.1. The van der Waals surface area contributed by atoms with E-state index >= 15 is 0 Å². The quantitative estimate of drug-likeness (QED) is 0.870. The van der Waals surface area contributed by atoms with Gasteiger partial charge in [0, 0.05) is 18.3 Å². The van der Waals surface area contributed by atoms with Crippen LogP contribution in [0.2, 0.25) is 0 Å². The van der Waals surface area contributed by atoms with Crippen LogP contribution in [0.15, 0.2) is 36.5 Å². The first-order chi connectivity index (χ1) is 9.93. The van der Waals surface area contributed by atoms with E-state index < -0.39 is 6.29 Å². The number of hydrogen-bond acceptors (Lipinski definition) is 4. The summed E-state index contributed by atoms with van der Waals surface area (Å²) >= 11 is 0. The largest absolute Gasteiger partial charge is 0.586 e. The monoisotopic (exact) mass is 292 g/mol. The zero-order valence-electron chi connectivity index (χ0n) is 11.6. The maximum atomic E-state index is 13.0. The van der Waals surface area contributed by atoms with E-state index in [0.29, 0.717) is 11.3 Å². The summed E-state index contributed by atoms with van der Waals surface area (Å²) in [6.07, 6.45) is -1.82. The molecule has 2 aromatic rings. The van der Waals surface area contributed by atoms with E-state index in [-0.39, 0.29) is 11.5 Å². The van der Waals surface area contributed by atoms with Crippen molar-refractivity contribution in [1.29, 1.82) is 0 Å². The highest BCUT2D eigenvalue weighted by atomic mass is 19.3. The van der Waals surface area contributed by atoms with Gasteiger partial charge in [-0.25, -0.2) is 0 Å². The molecule has 3 rings (SSSR count). The van der Waals surface area contributed by atoms with E-state index in [4.69, 9.17) is 0 Å². The van der Waals surface area contributed by atoms with E-state index in [1.165, 1.54) is 12.1 Å². The van der Waals surface area contributed by atoms with Crippen molar-refractivity contribution in [3.05, 3.63) is 42.1 Å². The first-order valence-corrected chi connectivity index (χ1v) is 6.43. The number of nitrogens with zero attached hydrogens (tertiary/aromatic N) is 2. The number of benzene rings is 1. The van der Waals surface area contributed by atoms with Gasteiger partial charge in [0.15, 0.2) is 11.5 Å². The van der Waals surface area contributed by atoms with Gasteiger partial charge in [0.25, 0.3) is 0 Å². The van der Waals surface area contributed by atoms with Gasteiger partial charge in [0.1, 0.15) is 0 Å². The van der Waals surface area contributed by atoms with Crippen molar-refractivity contribution in [3.63, 3.8) is 0 Å². The molecule has 0 atom stereocenters. The molecule has 21 heavy (non-hydrogen) atoms. The summed E-state index contributed by atoms with van der Waals surface area (Å²) < 4.78 is 34.8. The molecule has 2 heterocycles. The van der Waals surface area contributed by atoms with E-state index in [2.05, 4.69) is 14.5 Å². The van der Waals surface area contributed by atoms with Gasteiger partial charge in [-0.3, -0.25) is 4.98 Å². The highest BCUT2D eigenvalue weighted by Crippen LogP contribution is 2.42. The van der Waals surface area contributed by atoms with Crippen LogP contribution in [0.1, 0.15) is 5.56 Å². The highest BCUT2D eigenvalue weighted by molar-refractivity contribution is 5.64. The number of pyridine rings is 1. The Kier molecular flexibility index (Phi) is 3.25. The molecule has 4 nitrogen and oxygen atoms in total. The average molecular weight is 292 g/mol. The minimum atomic E-state index is -3.59. The van der Waals surface area contributed by atoms with Crippen molar-refractivity contribution in [1.82, 2.24) is 9.88 Å². The Hall–Kier alpha value is -2.21. The number of halogens is 2. The summed E-state index contributed by atoms with van der Waals surface area (Å²) in [5, 5.41) is 0. The molecule has 0 unspecified atom stereocenters. The van der Waals surface area contributed by atoms with Crippen LogP contribution in [0.5, 0.6) is 11.5 Å². The lowest BCUT2D eigenvalue weighted by Crippen LogP contribution is -2.25. The van der Waals surface area contributed by atoms with E-state index in [9.17, 15) is 8.78 Å². The molecular weight excluding hydrogens is 278 g/mol. The Morgan fingerprint density at radius 1 is 1.10 bits per heavy atom. The Balaban J connectivity index is 1.85. The average Bonchev–Trinajstić information content (AvgIpc) is 2.71. The molecule has 0 saturated carbocycles. The second-order valence-electron chi connectivity index (χ2n) is 5.12. The molecule has 110 valence electrons. The van der Waals surface area contributed by atoms with Crippen molar-refractivity contribution >= 4 is 0 Å². The second kappa shape index (κ2) is 4.96. The van der Waals surface area contributed by atoms with Gasteiger partial charge in [0.2, 0.25) is 0 Å². The summed E-state index contributed by atoms with van der Waals surface area (Å²) in [5.41, 5.74) is 2.47. The van der Waals surface area contributed by atoms with Gasteiger partial charge in [-0.05, 0) is 43.9 Å². The zero-order chi connectivity index (χ0) is 15.0. The van der Waals surface area contributed by atoms with Gasteiger partial charge in [-0.1, -0.05) is 6.07 Å². The van der Waals surface area contributed by atoms with Crippen LogP contribution in [0.4, 0.5) is 8.78 Å². The van der Waals surface area contributed by atoms with E-state index in [0.717, 1.165) is 12.1 Å². The van der Waals surface area contributed by atoms with Crippen LogP contribution in [-0.2, 0) is 6.54 Å². The molecule has 6 heteroatoms. The molecule has 0 bridgehead atoms. The third-order valence-corrected chi connectivity index (χ3v) is 3.02. The molecule has 0 radical (unpaired) electrons. The smallest absolute Gasteiger partial charge is 0.395 e. The Morgan fingerprint density at radius 3 is 2.52 bits per heavy atom. The third kappa shape index (κ3) is 2.95. The van der Waals surface area contributed by atoms with E-state index in [1.807, 2.05) is 31.1 Å². The van der Waals surface area contributed by atoms with Crippen molar-refractivity contribution in [2.24, 2.45) is 0 Å². The van der Waals surface area contributed by atoms with Crippen molar-refractivity contribution in [2.45, 2.75) is 12.8 Å². The van der Waals surface area contributed by atoms with Gasteiger partial charge in [-0.2, -0.15) is 0 Å². The minimum Gasteiger partial charge on any atom is -0.395 e. The number of ether oxygens (including phenoxy) is 2. The number of alkyl halides is 2. The Morgan fingerprint density at radius 2 is 1.86 bits per heavy atom. The van der Waals surface area contributed by atoms with Crippen LogP contribution in [0, 0.1) is 0 Å². The third-order valence-electron chi connectivity index (χ3n) is 3.02. The number of hydrogen-bond donors (Lipinski definition) is 0. The summed E-state index contributed by atoms with van der Waals surface area (Å²) in [6.45, 7) is 0.792. The Labute approximate surface area is 120 Å². The maximum Gasteiger partial charge on any atom is 0.586 e. The summed E-state index contributed by atoms with van der Waals surface area (Å²) in [6, 6.07) is 8.46. The van der Waals surface area contributed by atoms with Crippen LogP contribution >= 0.6 is 0 Å². The predicted octanol–water partition coefficient (Wildman–Crippen LogP) is 3.13. The standard InChI is InChI=1S/C15H14F2N2O2/c1-19(2)9-10-3-5-12(18-8-10)11-4-6-13-14(7-11)21-15(16,17)20-13/h3-8H,9H2,1-2H3.